The van der Waals surface area contributed by atoms with Crippen LogP contribution in [0.1, 0.15) is 37.8 Å². The van der Waals surface area contributed by atoms with E-state index in [2.05, 4.69) is 20.5 Å². The first-order chi connectivity index (χ1) is 13.1. The lowest BCUT2D eigenvalue weighted by Crippen LogP contribution is -2.47. The number of benzene rings is 1. The highest BCUT2D eigenvalue weighted by atomic mass is 19.1. The van der Waals surface area contributed by atoms with E-state index in [9.17, 15) is 9.50 Å². The summed E-state index contributed by atoms with van der Waals surface area (Å²) >= 11 is 0. The zero-order valence-corrected chi connectivity index (χ0v) is 16.1. The van der Waals surface area contributed by atoms with Crippen LogP contribution in [0, 0.1) is 5.82 Å². The summed E-state index contributed by atoms with van der Waals surface area (Å²) < 4.78 is 18.8. The number of hydrogen-bond donors (Lipinski definition) is 3. The van der Waals surface area contributed by atoms with Gasteiger partial charge in [0.2, 0.25) is 0 Å². The van der Waals surface area contributed by atoms with Crippen LogP contribution >= 0.6 is 0 Å². The van der Waals surface area contributed by atoms with E-state index in [-0.39, 0.29) is 11.9 Å². The monoisotopic (exact) mass is 378 g/mol. The second-order valence-electron chi connectivity index (χ2n) is 7.37. The molecule has 0 spiro atoms. The van der Waals surface area contributed by atoms with Gasteiger partial charge in [-0.3, -0.25) is 9.89 Å². The maximum atomic E-state index is 13.4. The first-order valence-electron chi connectivity index (χ1n) is 9.91. The first-order valence-corrected chi connectivity index (χ1v) is 9.91. The zero-order chi connectivity index (χ0) is 19.1. The van der Waals surface area contributed by atoms with Gasteiger partial charge in [-0.05, 0) is 43.9 Å². The van der Waals surface area contributed by atoms with Crippen molar-refractivity contribution in [3.8, 4) is 0 Å². The van der Waals surface area contributed by atoms with E-state index in [1.807, 2.05) is 19.1 Å². The number of nitrogens with one attached hydrogen (secondary N) is 2. The Bertz CT molecular complexity index is 613. The molecule has 1 aromatic carbocycles. The van der Waals surface area contributed by atoms with Gasteiger partial charge in [0.25, 0.3) is 0 Å². The third kappa shape index (κ3) is 5.64. The summed E-state index contributed by atoms with van der Waals surface area (Å²) in [5.41, 5.74) is 0.433. The first kappa shape index (κ1) is 20.0. The molecule has 1 saturated heterocycles. The van der Waals surface area contributed by atoms with Gasteiger partial charge in [0.1, 0.15) is 5.82 Å². The van der Waals surface area contributed by atoms with E-state index in [1.165, 1.54) is 12.1 Å². The summed E-state index contributed by atoms with van der Waals surface area (Å²) in [6.07, 6.45) is 2.71. The Hall–Kier alpha value is -1.70. The number of aliphatic imine (C=N–C) groups is 1. The van der Waals surface area contributed by atoms with Gasteiger partial charge in [0.15, 0.2) is 5.96 Å². The van der Waals surface area contributed by atoms with Crippen LogP contribution in [0.3, 0.4) is 0 Å². The minimum Gasteiger partial charge on any atom is -0.388 e. The van der Waals surface area contributed by atoms with Crippen LogP contribution in [-0.4, -0.2) is 67.5 Å². The fourth-order valence-corrected chi connectivity index (χ4v) is 3.54. The van der Waals surface area contributed by atoms with E-state index in [0.29, 0.717) is 32.3 Å². The zero-order valence-electron chi connectivity index (χ0n) is 16.1. The minimum atomic E-state index is -0.636. The Morgan fingerprint density at radius 2 is 1.96 bits per heavy atom. The molecule has 7 heteroatoms. The topological polar surface area (TPSA) is 69.1 Å². The molecule has 1 aliphatic heterocycles. The summed E-state index contributed by atoms with van der Waals surface area (Å²) in [4.78, 5) is 6.93. The molecule has 3 rings (SSSR count). The minimum absolute atomic E-state index is 0.102. The highest BCUT2D eigenvalue weighted by Crippen LogP contribution is 2.31. The molecular formula is C20H31FN4O2. The Balaban J connectivity index is 1.67. The Morgan fingerprint density at radius 3 is 2.56 bits per heavy atom. The fourth-order valence-electron chi connectivity index (χ4n) is 3.54. The molecule has 2 fully saturated rings. The largest absolute Gasteiger partial charge is 0.388 e. The summed E-state index contributed by atoms with van der Waals surface area (Å²) in [5.74, 6) is 0.481. The van der Waals surface area contributed by atoms with Gasteiger partial charge in [-0.15, -0.1) is 0 Å². The normalized spacial score (nSPS) is 21.4. The van der Waals surface area contributed by atoms with Crippen LogP contribution < -0.4 is 10.6 Å². The number of morpholine rings is 1. The van der Waals surface area contributed by atoms with E-state index < -0.39 is 5.60 Å². The molecule has 1 unspecified atom stereocenters. The number of ether oxygens (including phenoxy) is 1. The van der Waals surface area contributed by atoms with E-state index >= 15 is 0 Å². The molecule has 1 atom stereocenters. The maximum Gasteiger partial charge on any atom is 0.191 e. The third-order valence-corrected chi connectivity index (χ3v) is 5.36. The average molecular weight is 378 g/mol. The summed E-state index contributed by atoms with van der Waals surface area (Å²) in [6, 6.07) is 6.81. The quantitative estimate of drug-likeness (QED) is 0.497. The van der Waals surface area contributed by atoms with Crippen LogP contribution in [0.5, 0.6) is 0 Å². The molecular weight excluding hydrogens is 347 g/mol. The molecule has 27 heavy (non-hydrogen) atoms. The molecule has 6 nitrogen and oxygen atoms in total. The van der Waals surface area contributed by atoms with E-state index in [0.717, 1.165) is 44.5 Å². The van der Waals surface area contributed by atoms with Crippen LogP contribution in [0.15, 0.2) is 29.3 Å². The third-order valence-electron chi connectivity index (χ3n) is 5.36. The number of halogens is 1. The molecule has 0 radical (unpaired) electrons. The summed E-state index contributed by atoms with van der Waals surface area (Å²) in [5, 5.41) is 16.9. The highest BCUT2D eigenvalue weighted by molar-refractivity contribution is 5.79. The number of hydrogen-bond acceptors (Lipinski definition) is 4. The van der Waals surface area contributed by atoms with Crippen molar-refractivity contribution in [3.05, 3.63) is 35.6 Å². The number of nitrogens with zero attached hydrogens (tertiary/aromatic N) is 2. The highest BCUT2D eigenvalue weighted by Gasteiger charge is 2.34. The predicted molar refractivity (Wildman–Crippen MR) is 104 cm³/mol. The molecule has 1 heterocycles. The van der Waals surface area contributed by atoms with Gasteiger partial charge in [0, 0.05) is 26.2 Å². The lowest BCUT2D eigenvalue weighted by atomic mass is 9.80. The van der Waals surface area contributed by atoms with Crippen molar-refractivity contribution in [2.75, 3.05) is 45.9 Å². The number of rotatable bonds is 7. The fraction of sp³-hybridized carbons (Fsp3) is 0.650. The second-order valence-corrected chi connectivity index (χ2v) is 7.37. The van der Waals surface area contributed by atoms with Gasteiger partial charge < -0.3 is 20.5 Å². The van der Waals surface area contributed by atoms with Crippen LogP contribution in [0.25, 0.3) is 0 Å². The van der Waals surface area contributed by atoms with Gasteiger partial charge >= 0.3 is 0 Å². The molecule has 1 saturated carbocycles. The summed E-state index contributed by atoms with van der Waals surface area (Å²) in [7, 11) is 0. The van der Waals surface area contributed by atoms with Crippen molar-refractivity contribution in [3.63, 3.8) is 0 Å². The molecule has 2 aliphatic rings. The Labute approximate surface area is 160 Å². The molecule has 0 aromatic heterocycles. The van der Waals surface area contributed by atoms with Crippen LogP contribution in [-0.2, 0) is 4.74 Å². The standard InChI is InChI=1S/C20H31FN4O2/c1-2-22-19(24-15-20(26)8-3-9-20)23-14-18(25-10-12-27-13-11-25)16-4-6-17(21)7-5-16/h4-7,18,26H,2-3,8-15H2,1H3,(H2,22,23,24). The van der Waals surface area contributed by atoms with Gasteiger partial charge in [-0.25, -0.2) is 4.39 Å². The van der Waals surface area contributed by atoms with E-state index in [1.54, 1.807) is 0 Å². The van der Waals surface area contributed by atoms with Crippen molar-refractivity contribution < 1.29 is 14.2 Å². The Morgan fingerprint density at radius 1 is 1.26 bits per heavy atom. The van der Waals surface area contributed by atoms with Crippen molar-refractivity contribution in [2.45, 2.75) is 37.8 Å². The molecule has 3 N–H and O–H groups in total. The van der Waals surface area contributed by atoms with Crippen LogP contribution in [0.4, 0.5) is 4.39 Å². The van der Waals surface area contributed by atoms with Crippen molar-refractivity contribution in [2.24, 2.45) is 4.99 Å². The SMILES string of the molecule is CCNC(=NCC1(O)CCC1)NCC(c1ccc(F)cc1)N1CCOCC1. The molecule has 150 valence electrons. The van der Waals surface area contributed by atoms with Crippen molar-refractivity contribution >= 4 is 5.96 Å². The van der Waals surface area contributed by atoms with Gasteiger partial charge in [-0.2, -0.15) is 0 Å². The van der Waals surface area contributed by atoms with E-state index in [4.69, 9.17) is 4.74 Å². The second kappa shape index (κ2) is 9.48. The predicted octanol–water partition coefficient (Wildman–Crippen LogP) is 1.67. The average Bonchev–Trinajstić information content (AvgIpc) is 2.67. The Kier molecular flexibility index (Phi) is 7.04. The summed E-state index contributed by atoms with van der Waals surface area (Å²) in [6.45, 7) is 6.95. The molecule has 0 amide bonds. The number of aliphatic hydroxyl groups is 1. The molecule has 0 bridgehead atoms. The number of guanidine groups is 1. The van der Waals surface area contributed by atoms with Crippen LogP contribution in [0.2, 0.25) is 0 Å². The maximum absolute atomic E-state index is 13.4. The molecule has 1 aliphatic carbocycles. The smallest absolute Gasteiger partial charge is 0.191 e. The van der Waals surface area contributed by atoms with Crippen molar-refractivity contribution in [1.29, 1.82) is 0 Å². The van der Waals surface area contributed by atoms with Gasteiger partial charge in [0.05, 0.1) is 31.4 Å². The molecule has 1 aromatic rings. The van der Waals surface area contributed by atoms with Crippen molar-refractivity contribution in [1.82, 2.24) is 15.5 Å². The van der Waals surface area contributed by atoms with Gasteiger partial charge in [-0.1, -0.05) is 12.1 Å². The lowest BCUT2D eigenvalue weighted by molar-refractivity contribution is -0.0236. The lowest BCUT2D eigenvalue weighted by Gasteiger charge is -2.36.